The van der Waals surface area contributed by atoms with E-state index in [-0.39, 0.29) is 6.61 Å². The monoisotopic (exact) mass is 324 g/mol. The topological polar surface area (TPSA) is 35.5 Å². The SMILES string of the molecule is OCc1ccc(CCNC2CCN(CCc3ccccc3)C2)cc1. The first-order chi connectivity index (χ1) is 11.8. The van der Waals surface area contributed by atoms with Gasteiger partial charge in [-0.05, 0) is 49.0 Å². The highest BCUT2D eigenvalue weighted by atomic mass is 16.3. The molecule has 1 saturated heterocycles. The highest BCUT2D eigenvalue weighted by Crippen LogP contribution is 2.11. The fourth-order valence-electron chi connectivity index (χ4n) is 3.37. The van der Waals surface area contributed by atoms with Gasteiger partial charge in [-0.25, -0.2) is 0 Å². The van der Waals surface area contributed by atoms with Crippen molar-refractivity contribution in [2.24, 2.45) is 0 Å². The standard InChI is InChI=1S/C21H28N2O/c24-17-20-8-6-19(7-9-20)10-13-22-21-12-15-23(16-21)14-11-18-4-2-1-3-5-18/h1-9,21-22,24H,10-17H2. The lowest BCUT2D eigenvalue weighted by molar-refractivity contribution is 0.282. The summed E-state index contributed by atoms with van der Waals surface area (Å²) in [6.45, 7) is 4.67. The van der Waals surface area contributed by atoms with Crippen molar-refractivity contribution in [1.82, 2.24) is 10.2 Å². The van der Waals surface area contributed by atoms with E-state index in [2.05, 4.69) is 52.7 Å². The Bertz CT molecular complexity index is 597. The van der Waals surface area contributed by atoms with Crippen LogP contribution in [0.25, 0.3) is 0 Å². The van der Waals surface area contributed by atoms with Gasteiger partial charge in [0.1, 0.15) is 0 Å². The minimum absolute atomic E-state index is 0.124. The summed E-state index contributed by atoms with van der Waals surface area (Å²) in [5.41, 5.74) is 3.75. The summed E-state index contributed by atoms with van der Waals surface area (Å²) in [5.74, 6) is 0. The molecule has 24 heavy (non-hydrogen) atoms. The Morgan fingerprint density at radius 2 is 1.62 bits per heavy atom. The molecule has 1 unspecified atom stereocenters. The summed E-state index contributed by atoms with van der Waals surface area (Å²) in [7, 11) is 0. The molecule has 0 spiro atoms. The second-order valence-corrected chi connectivity index (χ2v) is 6.70. The predicted octanol–water partition coefficient (Wildman–Crippen LogP) is 2.63. The largest absolute Gasteiger partial charge is 0.392 e. The summed E-state index contributed by atoms with van der Waals surface area (Å²) in [6.07, 6.45) is 3.44. The Balaban J connectivity index is 1.34. The second-order valence-electron chi connectivity index (χ2n) is 6.70. The van der Waals surface area contributed by atoms with Crippen molar-refractivity contribution >= 4 is 0 Å². The fourth-order valence-corrected chi connectivity index (χ4v) is 3.37. The molecule has 2 N–H and O–H groups in total. The molecule has 0 saturated carbocycles. The van der Waals surface area contributed by atoms with E-state index in [4.69, 9.17) is 5.11 Å². The molecule has 0 bridgehead atoms. The van der Waals surface area contributed by atoms with E-state index < -0.39 is 0 Å². The van der Waals surface area contributed by atoms with E-state index in [1.54, 1.807) is 0 Å². The number of nitrogens with one attached hydrogen (secondary N) is 1. The van der Waals surface area contributed by atoms with Crippen molar-refractivity contribution in [3.8, 4) is 0 Å². The lowest BCUT2D eigenvalue weighted by atomic mass is 10.1. The maximum atomic E-state index is 9.07. The number of rotatable bonds is 8. The number of aliphatic hydroxyl groups is 1. The Hall–Kier alpha value is -1.68. The average Bonchev–Trinajstić information content (AvgIpc) is 3.09. The first-order valence-electron chi connectivity index (χ1n) is 9.02. The molecule has 1 aliphatic rings. The number of hydrogen-bond acceptors (Lipinski definition) is 3. The van der Waals surface area contributed by atoms with Crippen LogP contribution in [0.4, 0.5) is 0 Å². The van der Waals surface area contributed by atoms with Crippen LogP contribution in [0.5, 0.6) is 0 Å². The molecule has 0 aromatic heterocycles. The van der Waals surface area contributed by atoms with E-state index >= 15 is 0 Å². The normalized spacial score (nSPS) is 18.1. The number of likely N-dealkylation sites (tertiary alicyclic amines) is 1. The predicted molar refractivity (Wildman–Crippen MR) is 99.1 cm³/mol. The molecule has 2 aromatic rings. The number of hydrogen-bond donors (Lipinski definition) is 2. The van der Waals surface area contributed by atoms with Crippen LogP contribution >= 0.6 is 0 Å². The molecule has 1 heterocycles. The van der Waals surface area contributed by atoms with Crippen LogP contribution in [-0.4, -0.2) is 42.2 Å². The lowest BCUT2D eigenvalue weighted by Crippen LogP contribution is -2.34. The van der Waals surface area contributed by atoms with E-state index in [9.17, 15) is 0 Å². The van der Waals surface area contributed by atoms with Crippen LogP contribution in [-0.2, 0) is 19.4 Å². The highest BCUT2D eigenvalue weighted by Gasteiger charge is 2.21. The van der Waals surface area contributed by atoms with E-state index in [0.717, 1.165) is 38.0 Å². The zero-order chi connectivity index (χ0) is 16.6. The van der Waals surface area contributed by atoms with Crippen LogP contribution in [0, 0.1) is 0 Å². The first-order valence-corrected chi connectivity index (χ1v) is 9.02. The van der Waals surface area contributed by atoms with Crippen molar-refractivity contribution in [3.63, 3.8) is 0 Å². The summed E-state index contributed by atoms with van der Waals surface area (Å²) in [5, 5.41) is 12.8. The molecule has 3 heteroatoms. The molecule has 1 aliphatic heterocycles. The van der Waals surface area contributed by atoms with Crippen LogP contribution < -0.4 is 5.32 Å². The van der Waals surface area contributed by atoms with E-state index in [1.807, 2.05) is 12.1 Å². The fraction of sp³-hybridized carbons (Fsp3) is 0.429. The Morgan fingerprint density at radius 1 is 0.917 bits per heavy atom. The highest BCUT2D eigenvalue weighted by molar-refractivity contribution is 5.22. The van der Waals surface area contributed by atoms with Gasteiger partial charge >= 0.3 is 0 Å². The number of benzene rings is 2. The third-order valence-corrected chi connectivity index (χ3v) is 4.88. The average molecular weight is 324 g/mol. The Morgan fingerprint density at radius 3 is 2.38 bits per heavy atom. The first kappa shape index (κ1) is 17.2. The van der Waals surface area contributed by atoms with Gasteiger partial charge in [0, 0.05) is 19.1 Å². The van der Waals surface area contributed by atoms with Crippen molar-refractivity contribution in [1.29, 1.82) is 0 Å². The van der Waals surface area contributed by atoms with Gasteiger partial charge in [-0.1, -0.05) is 54.6 Å². The molecule has 128 valence electrons. The minimum atomic E-state index is 0.124. The summed E-state index contributed by atoms with van der Waals surface area (Å²) >= 11 is 0. The van der Waals surface area contributed by atoms with Crippen LogP contribution in [0.1, 0.15) is 23.1 Å². The zero-order valence-corrected chi connectivity index (χ0v) is 14.3. The van der Waals surface area contributed by atoms with Gasteiger partial charge in [-0.15, -0.1) is 0 Å². The number of aliphatic hydroxyl groups excluding tert-OH is 1. The molecular weight excluding hydrogens is 296 g/mol. The van der Waals surface area contributed by atoms with Gasteiger partial charge in [0.2, 0.25) is 0 Å². The lowest BCUT2D eigenvalue weighted by Gasteiger charge is -2.16. The minimum Gasteiger partial charge on any atom is -0.392 e. The van der Waals surface area contributed by atoms with E-state index in [1.165, 1.54) is 24.1 Å². The van der Waals surface area contributed by atoms with Crippen LogP contribution in [0.2, 0.25) is 0 Å². The molecule has 3 nitrogen and oxygen atoms in total. The zero-order valence-electron chi connectivity index (χ0n) is 14.3. The molecule has 0 aliphatic carbocycles. The molecule has 0 radical (unpaired) electrons. The van der Waals surface area contributed by atoms with Gasteiger partial charge < -0.3 is 15.3 Å². The van der Waals surface area contributed by atoms with Crippen molar-refractivity contribution in [2.75, 3.05) is 26.2 Å². The molecular formula is C21H28N2O. The van der Waals surface area contributed by atoms with Crippen molar-refractivity contribution in [3.05, 3.63) is 71.3 Å². The van der Waals surface area contributed by atoms with E-state index in [0.29, 0.717) is 6.04 Å². The molecule has 1 atom stereocenters. The van der Waals surface area contributed by atoms with Crippen molar-refractivity contribution < 1.29 is 5.11 Å². The van der Waals surface area contributed by atoms with Gasteiger partial charge in [0.15, 0.2) is 0 Å². The maximum absolute atomic E-state index is 9.07. The third-order valence-electron chi connectivity index (χ3n) is 4.88. The summed E-state index contributed by atoms with van der Waals surface area (Å²) in [4.78, 5) is 2.57. The maximum Gasteiger partial charge on any atom is 0.0681 e. The summed E-state index contributed by atoms with van der Waals surface area (Å²) in [6, 6.07) is 19.6. The van der Waals surface area contributed by atoms with Gasteiger partial charge in [0.25, 0.3) is 0 Å². The molecule has 1 fully saturated rings. The van der Waals surface area contributed by atoms with Crippen molar-refractivity contribution in [2.45, 2.75) is 31.9 Å². The second kappa shape index (κ2) is 8.97. The third kappa shape index (κ3) is 5.17. The molecule has 0 amide bonds. The summed E-state index contributed by atoms with van der Waals surface area (Å²) < 4.78 is 0. The quantitative estimate of drug-likeness (QED) is 0.783. The Kier molecular flexibility index (Phi) is 6.41. The number of nitrogens with zero attached hydrogens (tertiary/aromatic N) is 1. The Labute approximate surface area is 145 Å². The smallest absolute Gasteiger partial charge is 0.0681 e. The van der Waals surface area contributed by atoms with Crippen LogP contribution in [0.3, 0.4) is 0 Å². The van der Waals surface area contributed by atoms with Gasteiger partial charge in [0.05, 0.1) is 6.61 Å². The molecule has 2 aromatic carbocycles. The van der Waals surface area contributed by atoms with Crippen LogP contribution in [0.15, 0.2) is 54.6 Å². The van der Waals surface area contributed by atoms with Gasteiger partial charge in [-0.3, -0.25) is 0 Å². The molecule has 3 rings (SSSR count). The van der Waals surface area contributed by atoms with Gasteiger partial charge in [-0.2, -0.15) is 0 Å².